The Hall–Kier alpha value is -2.67. The molecule has 0 aliphatic heterocycles. The van der Waals surface area contributed by atoms with Gasteiger partial charge in [-0.05, 0) is 30.7 Å². The molecule has 122 valence electrons. The molecule has 0 fully saturated rings. The van der Waals surface area contributed by atoms with Gasteiger partial charge >= 0.3 is 0 Å². The van der Waals surface area contributed by atoms with Crippen LogP contribution in [-0.4, -0.2) is 36.1 Å². The van der Waals surface area contributed by atoms with Crippen LogP contribution in [0.4, 0.5) is 23.0 Å². The number of hydrogen-bond donors (Lipinski definition) is 3. The van der Waals surface area contributed by atoms with E-state index in [2.05, 4.69) is 25.9 Å². The Labute approximate surface area is 135 Å². The first-order chi connectivity index (χ1) is 11.2. The largest absolute Gasteiger partial charge is 0.385 e. The second-order valence-electron chi connectivity index (χ2n) is 4.95. The van der Waals surface area contributed by atoms with E-state index in [1.54, 1.807) is 7.11 Å². The van der Waals surface area contributed by atoms with Gasteiger partial charge in [-0.25, -0.2) is 9.97 Å². The molecule has 0 aliphatic rings. The number of anilines is 4. The number of hydrogen-bond acceptors (Lipinski definition) is 6. The maximum absolute atomic E-state index is 11.0. The van der Waals surface area contributed by atoms with Crippen molar-refractivity contribution in [2.24, 2.45) is 0 Å². The third-order valence-corrected chi connectivity index (χ3v) is 2.98. The molecule has 1 aromatic carbocycles. The van der Waals surface area contributed by atoms with E-state index in [0.29, 0.717) is 12.4 Å². The van der Waals surface area contributed by atoms with Crippen molar-refractivity contribution in [3.63, 3.8) is 0 Å². The van der Waals surface area contributed by atoms with Crippen molar-refractivity contribution in [1.29, 1.82) is 0 Å². The summed E-state index contributed by atoms with van der Waals surface area (Å²) in [5.74, 6) is 1.36. The van der Waals surface area contributed by atoms with E-state index in [4.69, 9.17) is 4.74 Å². The fraction of sp³-hybridized carbons (Fsp3) is 0.312. The van der Waals surface area contributed by atoms with E-state index in [1.807, 2.05) is 30.3 Å². The average molecular weight is 315 g/mol. The highest BCUT2D eigenvalue weighted by molar-refractivity contribution is 5.88. The Morgan fingerprint density at radius 3 is 2.52 bits per heavy atom. The zero-order valence-electron chi connectivity index (χ0n) is 13.3. The van der Waals surface area contributed by atoms with E-state index in [9.17, 15) is 4.79 Å². The van der Waals surface area contributed by atoms with Gasteiger partial charge in [0.25, 0.3) is 0 Å². The smallest absolute Gasteiger partial charge is 0.221 e. The fourth-order valence-corrected chi connectivity index (χ4v) is 1.94. The minimum Gasteiger partial charge on any atom is -0.385 e. The van der Waals surface area contributed by atoms with Crippen molar-refractivity contribution in [1.82, 2.24) is 9.97 Å². The summed E-state index contributed by atoms with van der Waals surface area (Å²) in [5, 5.41) is 9.14. The van der Waals surface area contributed by atoms with Crippen LogP contribution in [-0.2, 0) is 9.53 Å². The highest BCUT2D eigenvalue weighted by Gasteiger charge is 2.01. The Morgan fingerprint density at radius 1 is 1.13 bits per heavy atom. The summed E-state index contributed by atoms with van der Waals surface area (Å²) in [6.07, 6.45) is 2.42. The summed E-state index contributed by atoms with van der Waals surface area (Å²) in [4.78, 5) is 19.4. The quantitative estimate of drug-likeness (QED) is 0.649. The lowest BCUT2D eigenvalue weighted by Gasteiger charge is -2.09. The second-order valence-corrected chi connectivity index (χ2v) is 4.95. The summed E-state index contributed by atoms with van der Waals surface area (Å²) in [6.45, 7) is 2.98. The normalized spacial score (nSPS) is 10.2. The molecule has 0 unspecified atom stereocenters. The lowest BCUT2D eigenvalue weighted by molar-refractivity contribution is -0.114. The van der Waals surface area contributed by atoms with Crippen molar-refractivity contribution in [3.05, 3.63) is 36.7 Å². The molecule has 1 amide bonds. The first-order valence-corrected chi connectivity index (χ1v) is 7.37. The zero-order chi connectivity index (χ0) is 16.5. The minimum absolute atomic E-state index is 0.0919. The number of nitrogens with one attached hydrogen (secondary N) is 3. The second kappa shape index (κ2) is 8.70. The Kier molecular flexibility index (Phi) is 6.31. The zero-order valence-corrected chi connectivity index (χ0v) is 13.3. The molecule has 3 N–H and O–H groups in total. The van der Waals surface area contributed by atoms with Crippen molar-refractivity contribution in [2.45, 2.75) is 13.3 Å². The highest BCUT2D eigenvalue weighted by Crippen LogP contribution is 2.18. The van der Waals surface area contributed by atoms with Gasteiger partial charge in [-0.15, -0.1) is 0 Å². The molecule has 2 rings (SSSR count). The molecular weight excluding hydrogens is 294 g/mol. The van der Waals surface area contributed by atoms with Crippen molar-refractivity contribution >= 4 is 28.9 Å². The predicted molar refractivity (Wildman–Crippen MR) is 91.0 cm³/mol. The molecule has 2 aromatic rings. The van der Waals surface area contributed by atoms with Crippen LogP contribution in [0.2, 0.25) is 0 Å². The van der Waals surface area contributed by atoms with E-state index < -0.39 is 0 Å². The van der Waals surface area contributed by atoms with Gasteiger partial charge in [0, 0.05) is 44.6 Å². The number of methoxy groups -OCH3 is 1. The molecule has 7 heteroatoms. The van der Waals surface area contributed by atoms with Gasteiger partial charge in [-0.2, -0.15) is 0 Å². The minimum atomic E-state index is -0.0919. The standard InChI is InChI=1S/C16H21N5O2/c1-12(22)20-13-4-6-14(7-5-13)21-16-10-15(18-11-19-16)17-8-3-9-23-2/h4-7,10-11H,3,8-9H2,1-2H3,(H,20,22)(H2,17,18,19,21). The number of nitrogens with zero attached hydrogens (tertiary/aromatic N) is 2. The number of amides is 1. The van der Waals surface area contributed by atoms with Gasteiger partial charge in [0.2, 0.25) is 5.91 Å². The third kappa shape index (κ3) is 5.91. The van der Waals surface area contributed by atoms with Crippen LogP contribution in [0.3, 0.4) is 0 Å². The summed E-state index contributed by atoms with van der Waals surface area (Å²) in [7, 11) is 1.68. The Balaban J connectivity index is 1.93. The molecule has 7 nitrogen and oxygen atoms in total. The first kappa shape index (κ1) is 16.7. The lowest BCUT2D eigenvalue weighted by atomic mass is 10.2. The Morgan fingerprint density at radius 2 is 1.83 bits per heavy atom. The molecule has 1 aromatic heterocycles. The van der Waals surface area contributed by atoms with Crippen molar-refractivity contribution in [2.75, 3.05) is 36.2 Å². The van der Waals surface area contributed by atoms with Crippen LogP contribution < -0.4 is 16.0 Å². The SMILES string of the molecule is COCCCNc1cc(Nc2ccc(NC(C)=O)cc2)ncn1. The number of rotatable bonds is 8. The molecule has 0 saturated heterocycles. The Bertz CT molecular complexity index is 631. The number of carbonyl (C=O) groups is 1. The number of benzene rings is 1. The predicted octanol–water partition coefficient (Wildman–Crippen LogP) is 2.63. The van der Waals surface area contributed by atoms with Gasteiger partial charge in [0.05, 0.1) is 0 Å². The van der Waals surface area contributed by atoms with E-state index in [0.717, 1.165) is 30.2 Å². The van der Waals surface area contributed by atoms with E-state index in [-0.39, 0.29) is 5.91 Å². The van der Waals surface area contributed by atoms with Crippen LogP contribution in [0.1, 0.15) is 13.3 Å². The molecule has 23 heavy (non-hydrogen) atoms. The van der Waals surface area contributed by atoms with Gasteiger partial charge in [0.15, 0.2) is 0 Å². The van der Waals surface area contributed by atoms with Crippen LogP contribution in [0, 0.1) is 0 Å². The van der Waals surface area contributed by atoms with Gasteiger partial charge in [-0.3, -0.25) is 4.79 Å². The lowest BCUT2D eigenvalue weighted by Crippen LogP contribution is -2.07. The van der Waals surface area contributed by atoms with Crippen LogP contribution in [0.5, 0.6) is 0 Å². The molecule has 0 spiro atoms. The third-order valence-electron chi connectivity index (χ3n) is 2.98. The first-order valence-electron chi connectivity index (χ1n) is 7.37. The fourth-order valence-electron chi connectivity index (χ4n) is 1.94. The molecule has 0 radical (unpaired) electrons. The maximum Gasteiger partial charge on any atom is 0.221 e. The molecule has 0 saturated carbocycles. The highest BCUT2D eigenvalue weighted by atomic mass is 16.5. The summed E-state index contributed by atoms with van der Waals surface area (Å²) in [5.41, 5.74) is 1.63. The van der Waals surface area contributed by atoms with Crippen LogP contribution in [0.25, 0.3) is 0 Å². The van der Waals surface area contributed by atoms with Gasteiger partial charge < -0.3 is 20.7 Å². The number of ether oxygens (including phenoxy) is 1. The van der Waals surface area contributed by atoms with Crippen LogP contribution >= 0.6 is 0 Å². The number of carbonyl (C=O) groups excluding carboxylic acids is 1. The van der Waals surface area contributed by atoms with Crippen molar-refractivity contribution in [3.8, 4) is 0 Å². The maximum atomic E-state index is 11.0. The summed E-state index contributed by atoms with van der Waals surface area (Å²) < 4.78 is 5.00. The van der Waals surface area contributed by atoms with Gasteiger partial charge in [-0.1, -0.05) is 0 Å². The topological polar surface area (TPSA) is 88.2 Å². The number of aromatic nitrogens is 2. The van der Waals surface area contributed by atoms with Gasteiger partial charge in [0.1, 0.15) is 18.0 Å². The van der Waals surface area contributed by atoms with E-state index in [1.165, 1.54) is 13.3 Å². The summed E-state index contributed by atoms with van der Waals surface area (Å²) in [6, 6.07) is 9.25. The monoisotopic (exact) mass is 315 g/mol. The molecule has 0 bridgehead atoms. The van der Waals surface area contributed by atoms with E-state index >= 15 is 0 Å². The molecule has 0 aliphatic carbocycles. The molecular formula is C16H21N5O2. The summed E-state index contributed by atoms with van der Waals surface area (Å²) >= 11 is 0. The molecule has 0 atom stereocenters. The van der Waals surface area contributed by atoms with Crippen LogP contribution in [0.15, 0.2) is 36.7 Å². The van der Waals surface area contributed by atoms with Crippen molar-refractivity contribution < 1.29 is 9.53 Å². The average Bonchev–Trinajstić information content (AvgIpc) is 2.53. The molecule has 1 heterocycles.